The van der Waals surface area contributed by atoms with Crippen LogP contribution < -0.4 is 0 Å². The summed E-state index contributed by atoms with van der Waals surface area (Å²) in [7, 11) is -3.89. The lowest BCUT2D eigenvalue weighted by Gasteiger charge is -2.38. The number of rotatable bonds is 5. The van der Waals surface area contributed by atoms with Crippen LogP contribution in [0.4, 0.5) is 5.69 Å². The first-order valence-electron chi connectivity index (χ1n) is 9.65. The predicted octanol–water partition coefficient (Wildman–Crippen LogP) is 2.71. The number of nitro groups is 1. The average molecular weight is 432 g/mol. The number of sulfonamides is 1. The van der Waals surface area contributed by atoms with E-state index in [0.29, 0.717) is 5.56 Å². The highest BCUT2D eigenvalue weighted by molar-refractivity contribution is 7.89. The van der Waals surface area contributed by atoms with Crippen molar-refractivity contribution in [2.75, 3.05) is 26.2 Å². The van der Waals surface area contributed by atoms with Gasteiger partial charge in [-0.15, -0.1) is 0 Å². The number of piperazine rings is 1. The van der Waals surface area contributed by atoms with Crippen LogP contribution in [0.5, 0.6) is 0 Å². The maximum Gasteiger partial charge on any atom is 0.270 e. The minimum absolute atomic E-state index is 0.0581. The van der Waals surface area contributed by atoms with Gasteiger partial charge in [-0.3, -0.25) is 14.9 Å². The van der Waals surface area contributed by atoms with Crippen LogP contribution in [0.3, 0.4) is 0 Å². The number of nitro benzene ring substituents is 1. The second kappa shape index (κ2) is 8.16. The van der Waals surface area contributed by atoms with Crippen molar-refractivity contribution < 1.29 is 18.1 Å². The Morgan fingerprint density at radius 2 is 1.63 bits per heavy atom. The first-order valence-corrected chi connectivity index (χ1v) is 11.1. The van der Waals surface area contributed by atoms with Crippen molar-refractivity contribution in [3.05, 3.63) is 69.8 Å². The average Bonchev–Trinajstić information content (AvgIpc) is 2.74. The molecular weight excluding hydrogens is 406 g/mol. The lowest BCUT2D eigenvalue weighted by Crippen LogP contribution is -2.54. The Labute approximate surface area is 176 Å². The van der Waals surface area contributed by atoms with Crippen LogP contribution in [-0.4, -0.2) is 54.6 Å². The summed E-state index contributed by atoms with van der Waals surface area (Å²) in [6.07, 6.45) is 0. The van der Waals surface area contributed by atoms with Crippen LogP contribution in [0, 0.1) is 17.0 Å². The number of hydrogen-bond acceptors (Lipinski definition) is 5. The van der Waals surface area contributed by atoms with E-state index in [0.717, 1.165) is 11.6 Å². The maximum absolute atomic E-state index is 13.1. The molecule has 8 nitrogen and oxygen atoms in total. The van der Waals surface area contributed by atoms with Crippen LogP contribution in [0.15, 0.2) is 53.4 Å². The fourth-order valence-corrected chi connectivity index (χ4v) is 5.29. The Bertz CT molecular complexity index is 1060. The van der Waals surface area contributed by atoms with Gasteiger partial charge in [-0.05, 0) is 31.9 Å². The van der Waals surface area contributed by atoms with Crippen molar-refractivity contribution in [1.82, 2.24) is 9.21 Å². The first-order chi connectivity index (χ1) is 14.0. The summed E-state index contributed by atoms with van der Waals surface area (Å²) in [5.74, 6) is -0.0581. The zero-order valence-corrected chi connectivity index (χ0v) is 18.1. The van der Waals surface area contributed by atoms with Crippen molar-refractivity contribution in [3.63, 3.8) is 0 Å². The fourth-order valence-electron chi connectivity index (χ4n) is 3.62. The second-order valence-corrected chi connectivity index (χ2v) is 9.80. The molecule has 1 aliphatic rings. The lowest BCUT2D eigenvalue weighted by molar-refractivity contribution is -0.385. The quantitative estimate of drug-likeness (QED) is 0.535. The fraction of sp³-hybridized carbons (Fsp3) is 0.381. The number of non-ortho nitro benzene ring substituents is 1. The number of amides is 1. The van der Waals surface area contributed by atoms with Gasteiger partial charge in [0.05, 0.1) is 15.2 Å². The highest BCUT2D eigenvalue weighted by atomic mass is 32.2. The van der Waals surface area contributed by atoms with Crippen LogP contribution in [0.25, 0.3) is 0 Å². The summed E-state index contributed by atoms with van der Waals surface area (Å²) in [4.78, 5) is 25.2. The van der Waals surface area contributed by atoms with Gasteiger partial charge in [0.1, 0.15) is 0 Å². The molecule has 1 aliphatic heterocycles. The molecule has 1 fully saturated rings. The van der Waals surface area contributed by atoms with Crippen molar-refractivity contribution in [2.45, 2.75) is 31.1 Å². The Morgan fingerprint density at radius 1 is 1.03 bits per heavy atom. The van der Waals surface area contributed by atoms with E-state index in [2.05, 4.69) is 0 Å². The normalized spacial score (nSPS) is 15.8. The molecule has 0 bridgehead atoms. The maximum atomic E-state index is 13.1. The summed E-state index contributed by atoms with van der Waals surface area (Å²) in [5, 5.41) is 11.0. The van der Waals surface area contributed by atoms with Crippen molar-refractivity contribution in [1.29, 1.82) is 0 Å². The molecule has 1 heterocycles. The molecule has 0 N–H and O–H groups in total. The van der Waals surface area contributed by atoms with E-state index < -0.39 is 20.4 Å². The van der Waals surface area contributed by atoms with E-state index >= 15 is 0 Å². The van der Waals surface area contributed by atoms with Gasteiger partial charge < -0.3 is 4.90 Å². The molecule has 0 aliphatic carbocycles. The molecule has 30 heavy (non-hydrogen) atoms. The summed E-state index contributed by atoms with van der Waals surface area (Å²) in [6, 6.07) is 13.3. The highest BCUT2D eigenvalue weighted by Crippen LogP contribution is 2.28. The van der Waals surface area contributed by atoms with Crippen molar-refractivity contribution in [3.8, 4) is 0 Å². The van der Waals surface area contributed by atoms with Gasteiger partial charge in [-0.2, -0.15) is 4.31 Å². The molecule has 2 aromatic rings. The molecule has 1 saturated heterocycles. The van der Waals surface area contributed by atoms with E-state index in [1.807, 2.05) is 44.2 Å². The number of aryl methyl sites for hydroxylation is 1. The Hall–Kier alpha value is -2.78. The standard InChI is InChI=1S/C21H25N3O5S/c1-16-9-10-18(24(26)27)15-19(16)30(28,29)23-13-11-22(12-14-23)20(25)21(2,3)17-7-5-4-6-8-17/h4-10,15H,11-14H2,1-3H3. The molecule has 2 aromatic carbocycles. The molecule has 3 rings (SSSR count). The molecule has 160 valence electrons. The molecule has 9 heteroatoms. The van der Waals surface area contributed by atoms with Crippen LogP contribution >= 0.6 is 0 Å². The molecule has 0 unspecified atom stereocenters. The third-order valence-electron chi connectivity index (χ3n) is 5.56. The molecular formula is C21H25N3O5S. The minimum atomic E-state index is -3.89. The number of hydrogen-bond donors (Lipinski definition) is 0. The third-order valence-corrected chi connectivity index (χ3v) is 7.60. The molecule has 0 spiro atoms. The minimum Gasteiger partial charge on any atom is -0.339 e. The summed E-state index contributed by atoms with van der Waals surface area (Å²) in [5.41, 5.74) is 0.359. The van der Waals surface area contributed by atoms with E-state index in [4.69, 9.17) is 0 Å². The molecule has 0 atom stereocenters. The summed E-state index contributed by atoms with van der Waals surface area (Å²) >= 11 is 0. The summed E-state index contributed by atoms with van der Waals surface area (Å²) < 4.78 is 27.4. The predicted molar refractivity (Wildman–Crippen MR) is 113 cm³/mol. The van der Waals surface area contributed by atoms with E-state index in [1.165, 1.54) is 16.4 Å². The Morgan fingerprint density at radius 3 is 2.20 bits per heavy atom. The van der Waals surface area contributed by atoms with Crippen LogP contribution in [0.1, 0.15) is 25.0 Å². The van der Waals surface area contributed by atoms with Gasteiger partial charge in [0.25, 0.3) is 5.69 Å². The van der Waals surface area contributed by atoms with Gasteiger partial charge in [0.2, 0.25) is 15.9 Å². The largest absolute Gasteiger partial charge is 0.339 e. The van der Waals surface area contributed by atoms with Crippen molar-refractivity contribution >= 4 is 21.6 Å². The number of nitrogens with zero attached hydrogens (tertiary/aromatic N) is 3. The van der Waals surface area contributed by atoms with Gasteiger partial charge in [0.15, 0.2) is 0 Å². The lowest BCUT2D eigenvalue weighted by atomic mass is 9.83. The molecule has 0 saturated carbocycles. The van der Waals surface area contributed by atoms with E-state index in [-0.39, 0.29) is 42.7 Å². The third kappa shape index (κ3) is 4.08. The number of benzene rings is 2. The second-order valence-electron chi connectivity index (χ2n) is 7.89. The smallest absolute Gasteiger partial charge is 0.270 e. The SMILES string of the molecule is Cc1ccc([N+](=O)[O-])cc1S(=O)(=O)N1CCN(C(=O)C(C)(C)c2ccccc2)CC1. The van der Waals surface area contributed by atoms with Gasteiger partial charge in [-0.25, -0.2) is 8.42 Å². The van der Waals surface area contributed by atoms with E-state index in [9.17, 15) is 23.3 Å². The monoisotopic (exact) mass is 431 g/mol. The zero-order chi connectivity index (χ0) is 22.1. The molecule has 1 amide bonds. The molecule has 0 radical (unpaired) electrons. The molecule has 0 aromatic heterocycles. The zero-order valence-electron chi connectivity index (χ0n) is 17.2. The topological polar surface area (TPSA) is 101 Å². The number of carbonyl (C=O) groups is 1. The first kappa shape index (κ1) is 21.9. The van der Waals surface area contributed by atoms with Gasteiger partial charge in [-0.1, -0.05) is 36.4 Å². The summed E-state index contributed by atoms with van der Waals surface area (Å²) in [6.45, 7) is 6.14. The van der Waals surface area contributed by atoms with Crippen LogP contribution in [0.2, 0.25) is 0 Å². The van der Waals surface area contributed by atoms with Gasteiger partial charge in [0, 0.05) is 38.3 Å². The highest BCUT2D eigenvalue weighted by Gasteiger charge is 2.37. The Balaban J connectivity index is 1.76. The Kier molecular flexibility index (Phi) is 5.96. The van der Waals surface area contributed by atoms with Crippen LogP contribution in [-0.2, 0) is 20.2 Å². The van der Waals surface area contributed by atoms with E-state index in [1.54, 1.807) is 11.8 Å². The van der Waals surface area contributed by atoms with Crippen molar-refractivity contribution in [2.24, 2.45) is 0 Å². The van der Waals surface area contributed by atoms with Gasteiger partial charge >= 0.3 is 0 Å². The number of carbonyl (C=O) groups excluding carboxylic acids is 1.